The maximum atomic E-state index is 14.2. The Morgan fingerprint density at radius 3 is 2.42 bits per heavy atom. The van der Waals surface area contributed by atoms with Gasteiger partial charge in [-0.3, -0.25) is 9.00 Å². The van der Waals surface area contributed by atoms with Gasteiger partial charge in [-0.05, 0) is 67.6 Å². The number of benzene rings is 3. The first-order valence-corrected chi connectivity index (χ1v) is 15.8. The summed E-state index contributed by atoms with van der Waals surface area (Å²) in [6.45, 7) is 0.391. The highest BCUT2D eigenvalue weighted by Gasteiger charge is 2.32. The van der Waals surface area contributed by atoms with Crippen LogP contribution in [-0.2, 0) is 23.4 Å². The van der Waals surface area contributed by atoms with Gasteiger partial charge in [0.05, 0.1) is 12.1 Å². The van der Waals surface area contributed by atoms with E-state index in [1.807, 2.05) is 72.6 Å². The summed E-state index contributed by atoms with van der Waals surface area (Å²) in [6, 6.07) is 21.9. The number of thiophene rings is 1. The first-order chi connectivity index (χ1) is 19.4. The predicted octanol–water partition coefficient (Wildman–Crippen LogP) is 6.78. The van der Waals surface area contributed by atoms with E-state index in [1.54, 1.807) is 7.11 Å². The van der Waals surface area contributed by atoms with E-state index in [0.29, 0.717) is 28.2 Å². The molecular weight excluding hydrogens is 564 g/mol. The van der Waals surface area contributed by atoms with E-state index in [-0.39, 0.29) is 17.7 Å². The Balaban J connectivity index is 1.49. The van der Waals surface area contributed by atoms with E-state index >= 15 is 0 Å². The fourth-order valence-electron chi connectivity index (χ4n) is 5.52. The zero-order valence-corrected chi connectivity index (χ0v) is 24.9. The van der Waals surface area contributed by atoms with Crippen LogP contribution in [0.4, 0.5) is 0 Å². The third-order valence-electron chi connectivity index (χ3n) is 7.73. The number of nitrogens with one attached hydrogen (secondary N) is 1. The number of ether oxygens (including phenoxy) is 1. The minimum Gasteiger partial charge on any atom is -0.772 e. The van der Waals surface area contributed by atoms with Crippen molar-refractivity contribution in [2.45, 2.75) is 50.1 Å². The average molecular weight is 596 g/mol. The standard InChI is InChI=1S/C31H33ClN2O4S2/c1-33-24-12-14-25(15-13-24)34(31(35)30-29(32)26-5-3-4-6-28(26)39-30)18-23-17-22(11-16-27(23)38-2)21-9-7-20(8-10-21)19-40(36)37/h3-11,16-17,24-25,33H,12-15,18-19H2,1-2H3,(H,36,37)/p-1. The minimum absolute atomic E-state index is 0.0126. The molecule has 0 radical (unpaired) electrons. The van der Waals surface area contributed by atoms with Crippen LogP contribution in [0, 0.1) is 0 Å². The molecule has 3 aromatic carbocycles. The highest BCUT2D eigenvalue weighted by atomic mass is 35.5. The summed E-state index contributed by atoms with van der Waals surface area (Å²) in [5, 5.41) is 4.80. The summed E-state index contributed by atoms with van der Waals surface area (Å²) in [4.78, 5) is 16.8. The van der Waals surface area contributed by atoms with Gasteiger partial charge in [0.2, 0.25) is 0 Å². The third kappa shape index (κ3) is 6.26. The van der Waals surface area contributed by atoms with Crippen LogP contribution in [0.2, 0.25) is 5.02 Å². The summed E-state index contributed by atoms with van der Waals surface area (Å²) in [6.07, 6.45) is 3.82. The Labute approximate surface area is 246 Å². The lowest BCUT2D eigenvalue weighted by molar-refractivity contribution is 0.0604. The molecular formula is C31H32ClN2O4S2-. The molecule has 0 spiro atoms. The Kier molecular flexibility index (Phi) is 9.23. The van der Waals surface area contributed by atoms with E-state index in [1.165, 1.54) is 11.3 Å². The number of nitrogens with zero attached hydrogens (tertiary/aromatic N) is 1. The van der Waals surface area contributed by atoms with E-state index in [4.69, 9.17) is 16.3 Å². The quantitative estimate of drug-likeness (QED) is 0.216. The molecule has 1 aliphatic carbocycles. The molecule has 1 saturated carbocycles. The van der Waals surface area contributed by atoms with Crippen molar-refractivity contribution in [1.29, 1.82) is 0 Å². The second-order valence-electron chi connectivity index (χ2n) is 10.1. The fraction of sp³-hybridized carbons (Fsp3) is 0.323. The molecule has 40 heavy (non-hydrogen) atoms. The number of carbonyl (C=O) groups excluding carboxylic acids is 1. The first kappa shape index (κ1) is 28.8. The van der Waals surface area contributed by atoms with Crippen molar-refractivity contribution < 1.29 is 18.3 Å². The van der Waals surface area contributed by atoms with Crippen molar-refractivity contribution in [3.8, 4) is 16.9 Å². The lowest BCUT2D eigenvalue weighted by Crippen LogP contribution is -2.44. The lowest BCUT2D eigenvalue weighted by Gasteiger charge is -2.37. The molecule has 1 amide bonds. The number of rotatable bonds is 9. The van der Waals surface area contributed by atoms with Gasteiger partial charge in [0.15, 0.2) is 0 Å². The summed E-state index contributed by atoms with van der Waals surface area (Å²) in [5.41, 5.74) is 3.58. The number of halogens is 1. The Hall–Kier alpha value is -2.75. The van der Waals surface area contributed by atoms with Crippen molar-refractivity contribution in [3.05, 3.63) is 87.8 Å². The van der Waals surface area contributed by atoms with Crippen molar-refractivity contribution in [2.24, 2.45) is 0 Å². The van der Waals surface area contributed by atoms with Gasteiger partial charge in [-0.25, -0.2) is 0 Å². The number of amides is 1. The van der Waals surface area contributed by atoms with Crippen LogP contribution in [0.25, 0.3) is 21.2 Å². The molecule has 0 saturated heterocycles. The SMILES string of the molecule is CNC1CCC(N(Cc2cc(-c3ccc(CS(=O)[O-])cc3)ccc2OC)C(=O)c2sc3ccccc3c2Cl)CC1. The molecule has 1 atom stereocenters. The zero-order chi connectivity index (χ0) is 28.2. The van der Waals surface area contributed by atoms with Gasteiger partial charge in [0.1, 0.15) is 10.6 Å². The largest absolute Gasteiger partial charge is 0.772 e. The third-order valence-corrected chi connectivity index (χ3v) is 9.96. The van der Waals surface area contributed by atoms with E-state index in [9.17, 15) is 13.6 Å². The first-order valence-electron chi connectivity index (χ1n) is 13.3. The van der Waals surface area contributed by atoms with E-state index in [2.05, 4.69) is 11.4 Å². The van der Waals surface area contributed by atoms with Crippen LogP contribution in [0.5, 0.6) is 5.75 Å². The number of hydrogen-bond donors (Lipinski definition) is 1. The van der Waals surface area contributed by atoms with Gasteiger partial charge in [0, 0.05) is 40.0 Å². The van der Waals surface area contributed by atoms with Crippen LogP contribution in [0.15, 0.2) is 66.7 Å². The minimum atomic E-state index is -2.13. The molecule has 6 nitrogen and oxygen atoms in total. The molecule has 1 heterocycles. The second kappa shape index (κ2) is 12.8. The normalized spacial score (nSPS) is 18.0. The highest BCUT2D eigenvalue weighted by molar-refractivity contribution is 7.78. The summed E-state index contributed by atoms with van der Waals surface area (Å²) in [7, 11) is 3.64. The molecule has 4 aromatic rings. The average Bonchev–Trinajstić information content (AvgIpc) is 3.32. The van der Waals surface area contributed by atoms with Crippen molar-refractivity contribution >= 4 is 50.0 Å². The van der Waals surface area contributed by atoms with Crippen LogP contribution in [0.3, 0.4) is 0 Å². The van der Waals surface area contributed by atoms with Crippen molar-refractivity contribution in [1.82, 2.24) is 10.2 Å². The molecule has 1 unspecified atom stereocenters. The van der Waals surface area contributed by atoms with Crippen LogP contribution in [0.1, 0.15) is 46.5 Å². The van der Waals surface area contributed by atoms with Gasteiger partial charge in [-0.1, -0.05) is 71.2 Å². The van der Waals surface area contributed by atoms with Gasteiger partial charge >= 0.3 is 0 Å². The second-order valence-corrected chi connectivity index (χ2v) is 12.5. The molecule has 0 bridgehead atoms. The van der Waals surface area contributed by atoms with Crippen LogP contribution < -0.4 is 10.1 Å². The van der Waals surface area contributed by atoms with Crippen molar-refractivity contribution in [3.63, 3.8) is 0 Å². The van der Waals surface area contributed by atoms with E-state index in [0.717, 1.165) is 58.0 Å². The smallest absolute Gasteiger partial charge is 0.266 e. The van der Waals surface area contributed by atoms with E-state index < -0.39 is 11.1 Å². The summed E-state index contributed by atoms with van der Waals surface area (Å²) < 4.78 is 28.9. The highest BCUT2D eigenvalue weighted by Crippen LogP contribution is 2.38. The molecule has 210 valence electrons. The topological polar surface area (TPSA) is 81.7 Å². The molecule has 1 fully saturated rings. The molecule has 0 aliphatic heterocycles. The zero-order valence-electron chi connectivity index (χ0n) is 22.5. The fourth-order valence-corrected chi connectivity index (χ4v) is 7.45. The summed E-state index contributed by atoms with van der Waals surface area (Å²) in [5.74, 6) is 0.647. The van der Waals surface area contributed by atoms with Gasteiger partial charge in [-0.15, -0.1) is 11.3 Å². The maximum absolute atomic E-state index is 14.2. The van der Waals surface area contributed by atoms with Crippen molar-refractivity contribution in [2.75, 3.05) is 14.2 Å². The van der Waals surface area contributed by atoms with Gasteiger partial charge in [-0.2, -0.15) is 0 Å². The lowest BCUT2D eigenvalue weighted by atomic mass is 9.89. The number of methoxy groups -OCH3 is 1. The van der Waals surface area contributed by atoms with Gasteiger partial charge < -0.3 is 19.5 Å². The Bertz CT molecular complexity index is 1510. The Morgan fingerprint density at radius 1 is 1.07 bits per heavy atom. The molecule has 1 aromatic heterocycles. The van der Waals surface area contributed by atoms with Gasteiger partial charge in [0.25, 0.3) is 5.91 Å². The monoisotopic (exact) mass is 595 g/mol. The molecule has 1 N–H and O–H groups in total. The molecule has 5 rings (SSSR count). The van der Waals surface area contributed by atoms with Crippen LogP contribution >= 0.6 is 22.9 Å². The number of carbonyl (C=O) groups is 1. The number of hydrogen-bond acceptors (Lipinski definition) is 6. The molecule has 9 heteroatoms. The number of fused-ring (bicyclic) bond motifs is 1. The predicted molar refractivity (Wildman–Crippen MR) is 163 cm³/mol. The Morgan fingerprint density at radius 2 is 1.77 bits per heavy atom. The van der Waals surface area contributed by atoms with Crippen LogP contribution in [-0.4, -0.2) is 45.8 Å². The summed E-state index contributed by atoms with van der Waals surface area (Å²) >= 11 is 6.09. The molecule has 1 aliphatic rings. The maximum Gasteiger partial charge on any atom is 0.266 e.